The van der Waals surface area contributed by atoms with Crippen molar-refractivity contribution in [2.24, 2.45) is 0 Å². The predicted molar refractivity (Wildman–Crippen MR) is 251 cm³/mol. The Morgan fingerprint density at radius 2 is 0.825 bits per heavy atom. The molecule has 10 nitrogen and oxygen atoms in total. The topological polar surface area (TPSA) is 173 Å². The summed E-state index contributed by atoms with van der Waals surface area (Å²) in [6.45, 7) is 4.45. The number of hydrogen-bond donors (Lipinski definition) is 2. The summed E-state index contributed by atoms with van der Waals surface area (Å²) in [5.74, 6) is 0.232. The van der Waals surface area contributed by atoms with Crippen LogP contribution < -0.4 is 14.6 Å². The van der Waals surface area contributed by atoms with Crippen LogP contribution in [0.5, 0.6) is 34.5 Å². The average Bonchev–Trinajstić information content (AvgIpc) is 3.24. The molecule has 0 unspecified atom stereocenters. The second-order valence-electron chi connectivity index (χ2n) is 16.1. The van der Waals surface area contributed by atoms with Crippen molar-refractivity contribution in [1.29, 1.82) is 0 Å². The van der Waals surface area contributed by atoms with Gasteiger partial charge in [-0.05, 0) is 73.7 Å². The maximum Gasteiger partial charge on any atom is 2.00 e. The van der Waals surface area contributed by atoms with E-state index in [4.69, 9.17) is 9.47 Å². The molecule has 0 heterocycles. The minimum atomic E-state index is -4.85. The normalized spacial score (nSPS) is 11.4. The van der Waals surface area contributed by atoms with Crippen LogP contribution in [0.3, 0.4) is 0 Å². The van der Waals surface area contributed by atoms with Crippen LogP contribution in [0.4, 0.5) is 0 Å². The van der Waals surface area contributed by atoms with Crippen LogP contribution in [0.25, 0.3) is 0 Å². The molecule has 0 amide bonds. The number of para-hydroxylation sites is 2. The molecule has 0 atom stereocenters. The van der Waals surface area contributed by atoms with Gasteiger partial charge in [0.2, 0.25) is 0 Å². The van der Waals surface area contributed by atoms with Crippen molar-refractivity contribution >= 4 is 58.0 Å². The maximum atomic E-state index is 12.3. The maximum absolute atomic E-state index is 12.3. The number of unbranched alkanes of at least 4 members (excludes halogenated alkanes) is 20. The van der Waals surface area contributed by atoms with Crippen LogP contribution in [-0.2, 0) is 33.1 Å². The van der Waals surface area contributed by atoms with Gasteiger partial charge in [-0.15, -0.1) is 5.75 Å². The smallest absolute Gasteiger partial charge is 0.872 e. The summed E-state index contributed by atoms with van der Waals surface area (Å²) in [5, 5.41) is 22.6. The van der Waals surface area contributed by atoms with Crippen molar-refractivity contribution in [2.75, 3.05) is 0 Å². The minimum Gasteiger partial charge on any atom is -0.872 e. The monoisotopic (exact) mass is 934 g/mol. The van der Waals surface area contributed by atoms with Gasteiger partial charge < -0.3 is 24.2 Å². The fourth-order valence-corrected chi connectivity index (χ4v) is 9.29. The van der Waals surface area contributed by atoms with Crippen molar-refractivity contribution in [3.05, 3.63) is 96.1 Å². The fourth-order valence-electron chi connectivity index (χ4n) is 7.54. The van der Waals surface area contributed by atoms with E-state index in [1.54, 1.807) is 54.6 Å². The van der Waals surface area contributed by atoms with E-state index in [2.05, 4.69) is 13.8 Å². The minimum absolute atomic E-state index is 0. The molecule has 0 saturated heterocycles. The van der Waals surface area contributed by atoms with E-state index in [9.17, 15) is 36.2 Å². The van der Waals surface area contributed by atoms with Crippen LogP contribution in [0.1, 0.15) is 166 Å². The molecule has 2 N–H and O–H groups in total. The number of phenolic OH excluding ortho intramolecular Hbond substituents is 1. The standard InChI is InChI=1S/2C25H36O5S.Ca/c2*1-2-3-4-5-6-7-8-9-10-11-15-18-22-23(26)19-20-24(25(22)31(27,28)29)30-21-16-13-12-14-17-21;/h2*12-14,16-17,19-20,26H,2-11,15,18H2,1H3,(H,27,28,29);/q;;+2/p-2. The first-order valence-electron chi connectivity index (χ1n) is 22.9. The van der Waals surface area contributed by atoms with Gasteiger partial charge in [0.1, 0.15) is 43.8 Å². The molecule has 4 aromatic rings. The van der Waals surface area contributed by atoms with Crippen LogP contribution in [0, 0.1) is 0 Å². The van der Waals surface area contributed by atoms with Crippen molar-refractivity contribution in [2.45, 2.75) is 178 Å². The number of aromatic hydroxyl groups is 1. The fraction of sp³-hybridized carbons (Fsp3) is 0.520. The SMILES string of the molecule is CCCCCCCCCCCCCc1c(O)ccc(Oc2ccccc2)c1S(=O)(=O)O.CCCCCCCCCCCCCc1c([O-])ccc(Oc2ccccc2)c1S(=O)(=O)[O-].[Ca+2]. The van der Waals surface area contributed by atoms with E-state index in [-0.39, 0.29) is 77.4 Å². The summed E-state index contributed by atoms with van der Waals surface area (Å²) in [7, 11) is -9.40. The van der Waals surface area contributed by atoms with Gasteiger partial charge in [-0.3, -0.25) is 4.55 Å². The molecule has 4 rings (SSSR count). The number of ether oxygens (including phenoxy) is 2. The van der Waals surface area contributed by atoms with E-state index >= 15 is 0 Å². The molecule has 0 spiro atoms. The quantitative estimate of drug-likeness (QED) is 0.0291. The van der Waals surface area contributed by atoms with Crippen LogP contribution in [0.15, 0.2) is 94.7 Å². The molecule has 0 fully saturated rings. The van der Waals surface area contributed by atoms with E-state index < -0.39 is 30.9 Å². The third-order valence-electron chi connectivity index (χ3n) is 10.9. The molecule has 63 heavy (non-hydrogen) atoms. The summed E-state index contributed by atoms with van der Waals surface area (Å²) >= 11 is 0. The summed E-state index contributed by atoms with van der Waals surface area (Å²) in [6, 6.07) is 22.7. The zero-order valence-electron chi connectivity index (χ0n) is 37.7. The van der Waals surface area contributed by atoms with Gasteiger partial charge in [-0.2, -0.15) is 8.42 Å². The van der Waals surface area contributed by atoms with Gasteiger partial charge in [-0.1, -0.05) is 185 Å². The molecular weight excluding hydrogens is 865 g/mol. The Morgan fingerprint density at radius 3 is 1.21 bits per heavy atom. The summed E-state index contributed by atoms with van der Waals surface area (Å²) < 4.78 is 81.1. The average molecular weight is 935 g/mol. The Balaban J connectivity index is 0.000000427. The van der Waals surface area contributed by atoms with Gasteiger partial charge in [-0.25, -0.2) is 8.42 Å². The van der Waals surface area contributed by atoms with E-state index in [0.717, 1.165) is 38.5 Å². The molecule has 0 aliphatic rings. The molecule has 4 aromatic carbocycles. The van der Waals surface area contributed by atoms with Crippen LogP contribution in [-0.4, -0.2) is 68.8 Å². The summed E-state index contributed by atoms with van der Waals surface area (Å²) in [5.41, 5.74) is 0.256. The number of rotatable bonds is 30. The zero-order chi connectivity index (χ0) is 45.1. The Kier molecular flexibility index (Phi) is 28.5. The van der Waals surface area contributed by atoms with E-state index in [0.29, 0.717) is 24.3 Å². The summed E-state index contributed by atoms with van der Waals surface area (Å²) in [4.78, 5) is -0.862. The molecular formula is C50H70CaO10S2. The van der Waals surface area contributed by atoms with Crippen LogP contribution >= 0.6 is 0 Å². The molecule has 0 aliphatic heterocycles. The Morgan fingerprint density at radius 1 is 0.476 bits per heavy atom. The molecule has 0 aliphatic carbocycles. The first kappa shape index (κ1) is 56.3. The second-order valence-corrected chi connectivity index (χ2v) is 18.8. The molecule has 0 bridgehead atoms. The molecule has 0 aromatic heterocycles. The van der Waals surface area contributed by atoms with Gasteiger partial charge >= 0.3 is 37.7 Å². The molecule has 0 radical (unpaired) electrons. The van der Waals surface area contributed by atoms with Crippen LogP contribution in [0.2, 0.25) is 0 Å². The molecule has 0 saturated carbocycles. The number of benzene rings is 4. The van der Waals surface area contributed by atoms with Gasteiger partial charge in [0, 0.05) is 5.56 Å². The number of hydrogen-bond acceptors (Lipinski definition) is 9. The molecule has 13 heteroatoms. The predicted octanol–water partition coefficient (Wildman–Crippen LogP) is 13.2. The Labute approximate surface area is 408 Å². The number of phenols is 1. The molecule has 344 valence electrons. The third-order valence-corrected chi connectivity index (χ3v) is 12.8. The van der Waals surface area contributed by atoms with Crippen molar-refractivity contribution in [3.8, 4) is 34.5 Å². The first-order chi connectivity index (χ1) is 29.9. The Hall–Kier alpha value is -2.84. The summed E-state index contributed by atoms with van der Waals surface area (Å²) in [6.07, 6.45) is 26.4. The zero-order valence-corrected chi connectivity index (χ0v) is 41.6. The Bertz CT molecular complexity index is 1910. The van der Waals surface area contributed by atoms with E-state index in [1.807, 2.05) is 6.07 Å². The van der Waals surface area contributed by atoms with Crippen molar-refractivity contribution in [1.82, 2.24) is 0 Å². The first-order valence-corrected chi connectivity index (χ1v) is 25.8. The van der Waals surface area contributed by atoms with Crippen molar-refractivity contribution < 1.29 is 45.6 Å². The largest absolute Gasteiger partial charge is 2.00 e. The van der Waals surface area contributed by atoms with E-state index in [1.165, 1.54) is 121 Å². The second kappa shape index (κ2) is 31.9. The van der Waals surface area contributed by atoms with Gasteiger partial charge in [0.25, 0.3) is 10.1 Å². The van der Waals surface area contributed by atoms with Gasteiger partial charge in [0.15, 0.2) is 0 Å². The third kappa shape index (κ3) is 22.3. The van der Waals surface area contributed by atoms with Gasteiger partial charge in [0.05, 0.1) is 4.90 Å². The van der Waals surface area contributed by atoms with Crippen molar-refractivity contribution in [3.63, 3.8) is 0 Å².